The Morgan fingerprint density at radius 3 is 2.43 bits per heavy atom. The highest BCUT2D eigenvalue weighted by Crippen LogP contribution is 2.15. The maximum Gasteiger partial charge on any atom is 0.408 e. The SMILES string of the molecule is CC(C)(C)OC(=O)NCC(=O)Nc1ccccc1CNC(=O)Cc1cccs1. The predicted molar refractivity (Wildman–Crippen MR) is 109 cm³/mol. The molecule has 3 amide bonds. The Bertz CT molecular complexity index is 813. The number of benzene rings is 1. The normalized spacial score (nSPS) is 10.8. The van der Waals surface area contributed by atoms with Crippen molar-refractivity contribution in [3.8, 4) is 0 Å². The number of carbonyl (C=O) groups is 3. The molecule has 0 radical (unpaired) electrons. The quantitative estimate of drug-likeness (QED) is 0.662. The van der Waals surface area contributed by atoms with Gasteiger partial charge >= 0.3 is 6.09 Å². The zero-order chi connectivity index (χ0) is 20.6. The van der Waals surface area contributed by atoms with Crippen molar-refractivity contribution in [2.24, 2.45) is 0 Å². The molecule has 28 heavy (non-hydrogen) atoms. The van der Waals surface area contributed by atoms with E-state index in [1.165, 1.54) is 11.3 Å². The largest absolute Gasteiger partial charge is 0.444 e. The van der Waals surface area contributed by atoms with Crippen LogP contribution >= 0.6 is 11.3 Å². The molecule has 0 unspecified atom stereocenters. The van der Waals surface area contributed by atoms with Crippen LogP contribution < -0.4 is 16.0 Å². The van der Waals surface area contributed by atoms with Crippen molar-refractivity contribution in [2.75, 3.05) is 11.9 Å². The Morgan fingerprint density at radius 2 is 1.75 bits per heavy atom. The van der Waals surface area contributed by atoms with Gasteiger partial charge in [0.05, 0.1) is 6.42 Å². The molecule has 0 atom stereocenters. The molecule has 150 valence electrons. The van der Waals surface area contributed by atoms with Crippen LogP contribution in [0.2, 0.25) is 0 Å². The summed E-state index contributed by atoms with van der Waals surface area (Å²) in [5.74, 6) is -0.474. The lowest BCUT2D eigenvalue weighted by molar-refractivity contribution is -0.120. The van der Waals surface area contributed by atoms with E-state index in [2.05, 4.69) is 16.0 Å². The zero-order valence-electron chi connectivity index (χ0n) is 16.2. The van der Waals surface area contributed by atoms with Crippen LogP contribution in [0.25, 0.3) is 0 Å². The number of alkyl carbamates (subject to hydrolysis) is 1. The molecule has 0 saturated carbocycles. The lowest BCUT2D eigenvalue weighted by Crippen LogP contribution is -2.37. The Balaban J connectivity index is 1.84. The number of hydrogen-bond acceptors (Lipinski definition) is 5. The molecular weight excluding hydrogens is 378 g/mol. The van der Waals surface area contributed by atoms with Crippen molar-refractivity contribution in [1.82, 2.24) is 10.6 Å². The maximum absolute atomic E-state index is 12.1. The molecule has 2 rings (SSSR count). The second-order valence-electron chi connectivity index (χ2n) is 7.09. The number of carbonyl (C=O) groups excluding carboxylic acids is 3. The van der Waals surface area contributed by atoms with Crippen molar-refractivity contribution >= 4 is 34.9 Å². The van der Waals surface area contributed by atoms with Crippen LogP contribution in [0.3, 0.4) is 0 Å². The first-order chi connectivity index (χ1) is 13.2. The highest BCUT2D eigenvalue weighted by atomic mass is 32.1. The second kappa shape index (κ2) is 9.89. The van der Waals surface area contributed by atoms with Gasteiger partial charge in [0.2, 0.25) is 11.8 Å². The number of amides is 3. The fourth-order valence-electron chi connectivity index (χ4n) is 2.29. The van der Waals surface area contributed by atoms with Gasteiger partial charge in [0, 0.05) is 17.1 Å². The summed E-state index contributed by atoms with van der Waals surface area (Å²) in [4.78, 5) is 36.8. The molecule has 0 spiro atoms. The summed E-state index contributed by atoms with van der Waals surface area (Å²) in [6.07, 6.45) is -0.330. The molecule has 0 fully saturated rings. The van der Waals surface area contributed by atoms with E-state index in [1.54, 1.807) is 32.9 Å². The maximum atomic E-state index is 12.1. The number of thiophene rings is 1. The van der Waals surface area contributed by atoms with Crippen LogP contribution in [-0.2, 0) is 27.3 Å². The second-order valence-corrected chi connectivity index (χ2v) is 8.13. The van der Waals surface area contributed by atoms with E-state index in [1.807, 2.05) is 29.6 Å². The standard InChI is InChI=1S/C20H25N3O4S/c1-20(2,3)27-19(26)22-13-18(25)23-16-9-5-4-7-14(16)12-21-17(24)11-15-8-6-10-28-15/h4-10H,11-13H2,1-3H3,(H,21,24)(H,22,26)(H,23,25). The first-order valence-electron chi connectivity index (χ1n) is 8.86. The van der Waals surface area contributed by atoms with E-state index in [4.69, 9.17) is 4.74 Å². The first-order valence-corrected chi connectivity index (χ1v) is 9.74. The summed E-state index contributed by atoms with van der Waals surface area (Å²) in [7, 11) is 0. The molecule has 1 aromatic carbocycles. The fourth-order valence-corrected chi connectivity index (χ4v) is 2.99. The van der Waals surface area contributed by atoms with Gasteiger partial charge in [-0.25, -0.2) is 4.79 Å². The molecule has 7 nitrogen and oxygen atoms in total. The molecule has 3 N–H and O–H groups in total. The zero-order valence-corrected chi connectivity index (χ0v) is 17.0. The van der Waals surface area contributed by atoms with Gasteiger partial charge in [-0.05, 0) is 43.8 Å². The van der Waals surface area contributed by atoms with Gasteiger partial charge in [-0.15, -0.1) is 11.3 Å². The number of rotatable bonds is 7. The van der Waals surface area contributed by atoms with Gasteiger partial charge in [0.15, 0.2) is 0 Å². The van der Waals surface area contributed by atoms with Crippen molar-refractivity contribution in [2.45, 2.75) is 39.3 Å². The van der Waals surface area contributed by atoms with E-state index < -0.39 is 11.7 Å². The average molecular weight is 404 g/mol. The highest BCUT2D eigenvalue weighted by Gasteiger charge is 2.17. The van der Waals surface area contributed by atoms with Crippen molar-refractivity contribution in [3.63, 3.8) is 0 Å². The van der Waals surface area contributed by atoms with Crippen LogP contribution in [0.5, 0.6) is 0 Å². The Hall–Kier alpha value is -2.87. The summed E-state index contributed by atoms with van der Waals surface area (Å²) in [6, 6.07) is 11.0. The third-order valence-corrected chi connectivity index (χ3v) is 4.35. The minimum atomic E-state index is -0.656. The minimum absolute atomic E-state index is 0.0878. The first kappa shape index (κ1) is 21.4. The molecule has 0 aliphatic rings. The lowest BCUT2D eigenvalue weighted by Gasteiger charge is -2.19. The summed E-state index contributed by atoms with van der Waals surface area (Å²) in [5, 5.41) is 9.93. The number of para-hydroxylation sites is 1. The number of nitrogens with one attached hydrogen (secondary N) is 3. The van der Waals surface area contributed by atoms with Crippen LogP contribution in [0.15, 0.2) is 41.8 Å². The van der Waals surface area contributed by atoms with E-state index in [0.29, 0.717) is 18.7 Å². The third-order valence-electron chi connectivity index (χ3n) is 3.47. The Kier molecular flexibility index (Phi) is 7.57. The molecule has 0 aliphatic heterocycles. The van der Waals surface area contributed by atoms with Crippen molar-refractivity contribution in [3.05, 3.63) is 52.2 Å². The van der Waals surface area contributed by atoms with Gasteiger partial charge in [0.25, 0.3) is 0 Å². The Labute approximate surface area is 168 Å². The number of anilines is 1. The number of hydrogen-bond donors (Lipinski definition) is 3. The van der Waals surface area contributed by atoms with E-state index in [-0.39, 0.29) is 18.4 Å². The number of ether oxygens (including phenoxy) is 1. The molecular formula is C20H25N3O4S. The van der Waals surface area contributed by atoms with E-state index in [0.717, 1.165) is 10.4 Å². The van der Waals surface area contributed by atoms with Gasteiger partial charge in [-0.1, -0.05) is 24.3 Å². The predicted octanol–water partition coefficient (Wildman–Crippen LogP) is 3.07. The molecule has 1 heterocycles. The molecule has 1 aromatic heterocycles. The fraction of sp³-hybridized carbons (Fsp3) is 0.350. The van der Waals surface area contributed by atoms with Crippen molar-refractivity contribution < 1.29 is 19.1 Å². The average Bonchev–Trinajstić information content (AvgIpc) is 3.11. The smallest absolute Gasteiger partial charge is 0.408 e. The van der Waals surface area contributed by atoms with Gasteiger partial charge < -0.3 is 20.7 Å². The van der Waals surface area contributed by atoms with Crippen molar-refractivity contribution in [1.29, 1.82) is 0 Å². The molecule has 0 bridgehead atoms. The summed E-state index contributed by atoms with van der Waals surface area (Å²) in [5.41, 5.74) is 0.719. The summed E-state index contributed by atoms with van der Waals surface area (Å²) < 4.78 is 5.09. The van der Waals surface area contributed by atoms with Crippen LogP contribution in [-0.4, -0.2) is 30.1 Å². The molecule has 8 heteroatoms. The van der Waals surface area contributed by atoms with Gasteiger partial charge in [0.1, 0.15) is 12.1 Å². The highest BCUT2D eigenvalue weighted by molar-refractivity contribution is 7.10. The molecule has 0 saturated heterocycles. The topological polar surface area (TPSA) is 96.5 Å². The summed E-state index contributed by atoms with van der Waals surface area (Å²) >= 11 is 1.53. The van der Waals surface area contributed by atoms with Gasteiger partial charge in [-0.2, -0.15) is 0 Å². The van der Waals surface area contributed by atoms with E-state index >= 15 is 0 Å². The lowest BCUT2D eigenvalue weighted by atomic mass is 10.1. The Morgan fingerprint density at radius 1 is 1.00 bits per heavy atom. The van der Waals surface area contributed by atoms with E-state index in [9.17, 15) is 14.4 Å². The molecule has 0 aliphatic carbocycles. The van der Waals surface area contributed by atoms with Gasteiger partial charge in [-0.3, -0.25) is 9.59 Å². The molecule has 2 aromatic rings. The summed E-state index contributed by atoms with van der Waals surface area (Å²) in [6.45, 7) is 5.31. The monoisotopic (exact) mass is 403 g/mol. The van der Waals surface area contributed by atoms with Crippen LogP contribution in [0.4, 0.5) is 10.5 Å². The third kappa shape index (κ3) is 7.79. The van der Waals surface area contributed by atoms with Crippen LogP contribution in [0, 0.1) is 0 Å². The minimum Gasteiger partial charge on any atom is -0.444 e. The van der Waals surface area contributed by atoms with Crippen LogP contribution in [0.1, 0.15) is 31.2 Å².